The molecule has 1 rings (SSSR count). The lowest BCUT2D eigenvalue weighted by atomic mass is 10.3. The highest BCUT2D eigenvalue weighted by molar-refractivity contribution is 5.09. The SMILES string of the molecule is [C]1=CCC=CC=CCC=CCC=C1. The standard InChI is InChI=1S/C13H15/c1-2-4-6-8-10-12-13-11-9-7-5-3-1/h1-4,7-9,12-13H,5-6,11H2. The molecule has 67 valence electrons. The van der Waals surface area contributed by atoms with Gasteiger partial charge in [-0.05, 0) is 25.3 Å². The predicted molar refractivity (Wildman–Crippen MR) is 58.2 cm³/mol. The van der Waals surface area contributed by atoms with E-state index >= 15 is 0 Å². The Kier molecular flexibility index (Phi) is 5.54. The molecule has 1 radical (unpaired) electrons. The van der Waals surface area contributed by atoms with E-state index in [0.29, 0.717) is 0 Å². The quantitative estimate of drug-likeness (QED) is 0.487. The van der Waals surface area contributed by atoms with Crippen molar-refractivity contribution in [2.75, 3.05) is 0 Å². The van der Waals surface area contributed by atoms with Crippen LogP contribution in [0.5, 0.6) is 0 Å². The molecule has 13 heavy (non-hydrogen) atoms. The molecular formula is C13H15. The summed E-state index contributed by atoms with van der Waals surface area (Å²) in [5.74, 6) is 0. The van der Waals surface area contributed by atoms with E-state index in [9.17, 15) is 0 Å². The molecule has 0 N–H and O–H groups in total. The van der Waals surface area contributed by atoms with Crippen molar-refractivity contribution >= 4 is 0 Å². The van der Waals surface area contributed by atoms with Crippen LogP contribution in [0.4, 0.5) is 0 Å². The minimum absolute atomic E-state index is 0.960. The smallest absolute Gasteiger partial charge is 0.0157 e. The Morgan fingerprint density at radius 2 is 1.38 bits per heavy atom. The fourth-order valence-corrected chi connectivity index (χ4v) is 1.00. The Balaban J connectivity index is 2.49. The molecular weight excluding hydrogens is 156 g/mol. The minimum atomic E-state index is 0.960. The maximum Gasteiger partial charge on any atom is -0.0157 e. The lowest BCUT2D eigenvalue weighted by molar-refractivity contribution is 1.31. The molecule has 0 aliphatic heterocycles. The third-order valence-corrected chi connectivity index (χ3v) is 1.68. The van der Waals surface area contributed by atoms with Gasteiger partial charge in [-0.2, -0.15) is 0 Å². The van der Waals surface area contributed by atoms with E-state index in [-0.39, 0.29) is 0 Å². The predicted octanol–water partition coefficient (Wildman–Crippen LogP) is 3.75. The molecule has 0 atom stereocenters. The van der Waals surface area contributed by atoms with E-state index in [0.717, 1.165) is 19.3 Å². The summed E-state index contributed by atoms with van der Waals surface area (Å²) < 4.78 is 0. The van der Waals surface area contributed by atoms with Gasteiger partial charge >= 0.3 is 0 Å². The first-order valence-electron chi connectivity index (χ1n) is 4.69. The van der Waals surface area contributed by atoms with Crippen molar-refractivity contribution in [1.82, 2.24) is 0 Å². The first kappa shape index (κ1) is 9.79. The van der Waals surface area contributed by atoms with Crippen molar-refractivity contribution in [3.05, 3.63) is 60.8 Å². The second-order valence-corrected chi connectivity index (χ2v) is 2.81. The molecule has 1 aliphatic rings. The van der Waals surface area contributed by atoms with Crippen molar-refractivity contribution < 1.29 is 0 Å². The maximum atomic E-state index is 3.11. The zero-order chi connectivity index (χ0) is 9.19. The molecule has 0 heteroatoms. The summed E-state index contributed by atoms with van der Waals surface area (Å²) in [6.45, 7) is 0. The molecule has 0 amide bonds. The Morgan fingerprint density at radius 3 is 2.23 bits per heavy atom. The van der Waals surface area contributed by atoms with Gasteiger partial charge in [0.25, 0.3) is 0 Å². The van der Waals surface area contributed by atoms with Crippen molar-refractivity contribution in [3.63, 3.8) is 0 Å². The van der Waals surface area contributed by atoms with E-state index in [1.165, 1.54) is 0 Å². The molecule has 0 aromatic rings. The topological polar surface area (TPSA) is 0 Å². The van der Waals surface area contributed by atoms with Gasteiger partial charge in [0.1, 0.15) is 0 Å². The summed E-state index contributed by atoms with van der Waals surface area (Å²) >= 11 is 0. The van der Waals surface area contributed by atoms with Gasteiger partial charge in [0.15, 0.2) is 0 Å². The van der Waals surface area contributed by atoms with Gasteiger partial charge in [-0.1, -0.05) is 54.7 Å². The van der Waals surface area contributed by atoms with Gasteiger partial charge in [0, 0.05) is 0 Å². The minimum Gasteiger partial charge on any atom is -0.0844 e. The van der Waals surface area contributed by atoms with Crippen LogP contribution in [0.3, 0.4) is 0 Å². The highest BCUT2D eigenvalue weighted by atomic mass is 13.8. The summed E-state index contributed by atoms with van der Waals surface area (Å²) in [7, 11) is 0. The van der Waals surface area contributed by atoms with Crippen LogP contribution in [0.2, 0.25) is 0 Å². The number of allylic oxidation sites excluding steroid dienone is 10. The second kappa shape index (κ2) is 7.35. The highest BCUT2D eigenvalue weighted by Crippen LogP contribution is 1.94. The average molecular weight is 171 g/mol. The lowest BCUT2D eigenvalue weighted by Crippen LogP contribution is -1.60. The molecule has 1 aliphatic carbocycles. The van der Waals surface area contributed by atoms with Crippen LogP contribution in [0.15, 0.2) is 54.7 Å². The molecule has 0 bridgehead atoms. The first-order valence-corrected chi connectivity index (χ1v) is 4.69. The van der Waals surface area contributed by atoms with Crippen LogP contribution in [-0.2, 0) is 0 Å². The third kappa shape index (κ3) is 5.92. The molecule has 0 saturated heterocycles. The van der Waals surface area contributed by atoms with Crippen molar-refractivity contribution in [1.29, 1.82) is 0 Å². The van der Waals surface area contributed by atoms with E-state index in [4.69, 9.17) is 0 Å². The van der Waals surface area contributed by atoms with Crippen LogP contribution < -0.4 is 0 Å². The third-order valence-electron chi connectivity index (χ3n) is 1.68. The molecule has 0 nitrogen and oxygen atoms in total. The molecule has 0 fully saturated rings. The zero-order valence-electron chi connectivity index (χ0n) is 7.82. The lowest BCUT2D eigenvalue weighted by Gasteiger charge is -1.80. The van der Waals surface area contributed by atoms with Gasteiger partial charge < -0.3 is 0 Å². The fraction of sp³-hybridized carbons (Fsp3) is 0.231. The normalized spacial score (nSPS) is 17.8. The molecule has 0 aromatic carbocycles. The van der Waals surface area contributed by atoms with Gasteiger partial charge in [0.2, 0.25) is 0 Å². The highest BCUT2D eigenvalue weighted by Gasteiger charge is 1.74. The van der Waals surface area contributed by atoms with Gasteiger partial charge in [-0.15, -0.1) is 0 Å². The van der Waals surface area contributed by atoms with Gasteiger partial charge in [-0.25, -0.2) is 0 Å². The Labute approximate surface area is 80.7 Å². The summed E-state index contributed by atoms with van der Waals surface area (Å²) in [5, 5.41) is 0. The largest absolute Gasteiger partial charge is 0.0844 e. The second-order valence-electron chi connectivity index (χ2n) is 2.81. The van der Waals surface area contributed by atoms with Gasteiger partial charge in [0.05, 0.1) is 0 Å². The Morgan fingerprint density at radius 1 is 0.692 bits per heavy atom. The summed E-state index contributed by atoms with van der Waals surface area (Å²) in [6, 6.07) is 0. The monoisotopic (exact) mass is 171 g/mol. The van der Waals surface area contributed by atoms with Crippen molar-refractivity contribution in [2.24, 2.45) is 0 Å². The van der Waals surface area contributed by atoms with Crippen molar-refractivity contribution in [3.8, 4) is 0 Å². The molecule has 0 saturated carbocycles. The number of hydrogen-bond donors (Lipinski definition) is 0. The van der Waals surface area contributed by atoms with E-state index < -0.39 is 0 Å². The summed E-state index contributed by atoms with van der Waals surface area (Å²) in [4.78, 5) is 0. The zero-order valence-corrected chi connectivity index (χ0v) is 7.82. The van der Waals surface area contributed by atoms with E-state index in [1.54, 1.807) is 0 Å². The Hall–Kier alpha value is -1.30. The molecule has 0 heterocycles. The van der Waals surface area contributed by atoms with Crippen molar-refractivity contribution in [2.45, 2.75) is 19.3 Å². The maximum absolute atomic E-state index is 3.11. The molecule has 0 unspecified atom stereocenters. The van der Waals surface area contributed by atoms with E-state index in [1.807, 2.05) is 12.2 Å². The fourth-order valence-electron chi connectivity index (χ4n) is 1.00. The average Bonchev–Trinajstić information content (AvgIpc) is 2.18. The molecule has 0 spiro atoms. The first-order chi connectivity index (χ1) is 6.50. The summed E-state index contributed by atoms with van der Waals surface area (Å²) in [5.41, 5.74) is 0. The van der Waals surface area contributed by atoms with Crippen LogP contribution in [0, 0.1) is 6.08 Å². The van der Waals surface area contributed by atoms with E-state index in [2.05, 4.69) is 48.6 Å². The van der Waals surface area contributed by atoms with Crippen LogP contribution >= 0.6 is 0 Å². The van der Waals surface area contributed by atoms with Crippen LogP contribution in [0.25, 0.3) is 0 Å². The van der Waals surface area contributed by atoms with Crippen LogP contribution in [0.1, 0.15) is 19.3 Å². The number of rotatable bonds is 0. The Bertz CT molecular complexity index is 223. The summed E-state index contributed by atoms with van der Waals surface area (Å²) in [6.07, 6.45) is 25.0. The van der Waals surface area contributed by atoms with Gasteiger partial charge in [-0.3, -0.25) is 0 Å². The number of hydrogen-bond acceptors (Lipinski definition) is 0. The van der Waals surface area contributed by atoms with Crippen LogP contribution in [-0.4, -0.2) is 0 Å². The molecule has 0 aromatic heterocycles.